The highest BCUT2D eigenvalue weighted by atomic mass is 19.4. The van der Waals surface area contributed by atoms with E-state index in [9.17, 15) is 27.9 Å². The third-order valence-corrected chi connectivity index (χ3v) is 7.39. The maximum Gasteiger partial charge on any atom is 0.407 e. The van der Waals surface area contributed by atoms with Crippen molar-refractivity contribution >= 4 is 22.5 Å². The van der Waals surface area contributed by atoms with Crippen LogP contribution in [0.3, 0.4) is 0 Å². The number of nitrogens with zero attached hydrogens (tertiary/aromatic N) is 2. The Labute approximate surface area is 266 Å². The van der Waals surface area contributed by atoms with E-state index in [0.29, 0.717) is 28.0 Å². The summed E-state index contributed by atoms with van der Waals surface area (Å²) in [6.07, 6.45) is -6.05. The number of aromatic nitrogens is 2. The molecule has 0 fully saturated rings. The van der Waals surface area contributed by atoms with Gasteiger partial charge in [-0.15, -0.1) is 0 Å². The molecule has 0 spiro atoms. The highest BCUT2D eigenvalue weighted by Crippen LogP contribution is 2.38. The molecular weight excluding hydrogens is 617 g/mol. The summed E-state index contributed by atoms with van der Waals surface area (Å²) >= 11 is 0. The van der Waals surface area contributed by atoms with Gasteiger partial charge >= 0.3 is 6.18 Å². The Morgan fingerprint density at radius 1 is 1.04 bits per heavy atom. The average molecular weight is 647 g/mol. The molecule has 5 rings (SSSR count). The van der Waals surface area contributed by atoms with Crippen LogP contribution in [0.25, 0.3) is 27.0 Å². The van der Waals surface area contributed by atoms with E-state index in [4.69, 9.17) is 21.3 Å². The number of aliphatic hydroxyl groups excluding tert-OH is 2. The molecule has 0 aliphatic rings. The molecule has 242 valence electrons. The molecule has 0 saturated carbocycles. The normalized spacial score (nSPS) is 12.1. The fraction of sp³-hybridized carbons (Fsp3) is 0.206. The van der Waals surface area contributed by atoms with Crippen molar-refractivity contribution in [3.8, 4) is 22.8 Å². The van der Waals surface area contributed by atoms with Crippen molar-refractivity contribution in [2.75, 3.05) is 13.2 Å². The third-order valence-electron chi connectivity index (χ3n) is 7.39. The number of aromatic amines is 1. The first kappa shape index (κ1) is 33.0. The summed E-state index contributed by atoms with van der Waals surface area (Å²) in [5.41, 5.74) is 2.53. The van der Waals surface area contributed by atoms with Crippen LogP contribution in [0.1, 0.15) is 32.7 Å². The number of ether oxygens (including phenoxy) is 1. The molecular formula is C34H29F3N4O6. The molecule has 1 amide bonds. The molecule has 5 aromatic rings. The van der Waals surface area contributed by atoms with E-state index < -0.39 is 41.6 Å². The number of hydrogen-bond donors (Lipinski definition) is 4. The zero-order valence-electron chi connectivity index (χ0n) is 25.2. The number of benzene rings is 3. The number of carbonyl (C=O) groups is 1. The molecule has 10 nitrogen and oxygen atoms in total. The van der Waals surface area contributed by atoms with E-state index in [1.165, 1.54) is 16.7 Å². The Morgan fingerprint density at radius 2 is 1.77 bits per heavy atom. The molecule has 1 unspecified atom stereocenters. The molecule has 0 aliphatic heterocycles. The molecule has 1 atom stereocenters. The van der Waals surface area contributed by atoms with Crippen molar-refractivity contribution in [2.45, 2.75) is 32.7 Å². The molecule has 3 aromatic carbocycles. The second kappa shape index (κ2) is 13.5. The van der Waals surface area contributed by atoms with Crippen LogP contribution in [0.2, 0.25) is 0 Å². The summed E-state index contributed by atoms with van der Waals surface area (Å²) in [5, 5.41) is 18.8. The van der Waals surface area contributed by atoms with Crippen LogP contribution in [0.4, 0.5) is 18.9 Å². The summed E-state index contributed by atoms with van der Waals surface area (Å²) in [4.78, 5) is 36.5. The van der Waals surface area contributed by atoms with Gasteiger partial charge in [0.2, 0.25) is 0 Å². The van der Waals surface area contributed by atoms with Crippen LogP contribution in [-0.2, 0) is 17.6 Å². The van der Waals surface area contributed by atoms with Crippen molar-refractivity contribution in [1.29, 1.82) is 0 Å². The Bertz CT molecular complexity index is 2050. The van der Waals surface area contributed by atoms with Crippen molar-refractivity contribution in [1.82, 2.24) is 15.0 Å². The highest BCUT2D eigenvalue weighted by Gasteiger charge is 2.36. The Kier molecular flexibility index (Phi) is 9.48. The number of amides is 1. The lowest BCUT2D eigenvalue weighted by molar-refractivity contribution is -0.136. The predicted octanol–water partition coefficient (Wildman–Crippen LogP) is 6.04. The molecule has 2 aromatic heterocycles. The van der Waals surface area contributed by atoms with E-state index in [-0.39, 0.29) is 24.5 Å². The number of hydroxylamine groups is 1. The van der Waals surface area contributed by atoms with Crippen molar-refractivity contribution in [2.24, 2.45) is 0 Å². The van der Waals surface area contributed by atoms with Gasteiger partial charge in [0, 0.05) is 16.6 Å². The standard InChI is InChI=1S/C34H29F3N4O6/c1-19-4-5-22(20(2)12-19)16-41-30(15-27(34(35,36)37)31(38-3)33(41)45)21-6-8-25(9-7-21)47-26-10-11-28-23(13-26)14-29(39-28)32(44)40-46-18-24(43)17-42/h4-15,24,39,42-43H,16-18H2,1-2H3,(H,40,44). The topological polar surface area (TPSA) is 130 Å². The fourth-order valence-corrected chi connectivity index (χ4v) is 4.99. The lowest BCUT2D eigenvalue weighted by Gasteiger charge is -2.19. The number of alkyl halides is 3. The maximum atomic E-state index is 14.0. The van der Waals surface area contributed by atoms with E-state index in [1.54, 1.807) is 36.4 Å². The monoisotopic (exact) mass is 646 g/mol. The molecule has 4 N–H and O–H groups in total. The van der Waals surface area contributed by atoms with Gasteiger partial charge in [-0.2, -0.15) is 13.2 Å². The first-order valence-electron chi connectivity index (χ1n) is 14.3. The van der Waals surface area contributed by atoms with Gasteiger partial charge in [0.1, 0.15) is 29.9 Å². The molecule has 0 saturated heterocycles. The fourth-order valence-electron chi connectivity index (χ4n) is 4.99. The molecule has 13 heteroatoms. The average Bonchev–Trinajstić information content (AvgIpc) is 3.46. The van der Waals surface area contributed by atoms with Crippen molar-refractivity contribution in [3.63, 3.8) is 0 Å². The summed E-state index contributed by atoms with van der Waals surface area (Å²) in [5.74, 6) is 0.166. The number of fused-ring (bicyclic) bond motifs is 1. The van der Waals surface area contributed by atoms with E-state index in [2.05, 4.69) is 15.3 Å². The molecule has 0 bridgehead atoms. The van der Waals surface area contributed by atoms with Crippen LogP contribution < -0.4 is 15.8 Å². The highest BCUT2D eigenvalue weighted by molar-refractivity contribution is 5.97. The number of carbonyl (C=O) groups excluding carboxylic acids is 1. The second-order valence-corrected chi connectivity index (χ2v) is 10.9. The predicted molar refractivity (Wildman–Crippen MR) is 167 cm³/mol. The minimum absolute atomic E-state index is 0.00403. The molecule has 2 heterocycles. The summed E-state index contributed by atoms with van der Waals surface area (Å²) < 4.78 is 49.1. The largest absolute Gasteiger partial charge is 0.457 e. The van der Waals surface area contributed by atoms with Gasteiger partial charge in [-0.05, 0) is 85.1 Å². The number of halogens is 3. The number of aliphatic hydroxyl groups is 2. The first-order chi connectivity index (χ1) is 22.4. The zero-order chi connectivity index (χ0) is 33.9. The second-order valence-electron chi connectivity index (χ2n) is 10.9. The van der Waals surface area contributed by atoms with Gasteiger partial charge in [-0.1, -0.05) is 23.8 Å². The van der Waals surface area contributed by atoms with Crippen LogP contribution in [-0.4, -0.2) is 45.0 Å². The Hall–Kier alpha value is -5.42. The van der Waals surface area contributed by atoms with Crippen molar-refractivity contribution in [3.05, 3.63) is 123 Å². The van der Waals surface area contributed by atoms with E-state index in [0.717, 1.165) is 22.8 Å². The quantitative estimate of drug-likeness (QED) is 0.108. The molecule has 47 heavy (non-hydrogen) atoms. The first-order valence-corrected chi connectivity index (χ1v) is 14.3. The molecule has 0 radical (unpaired) electrons. The lowest BCUT2D eigenvalue weighted by Crippen LogP contribution is -2.30. The Morgan fingerprint density at radius 3 is 2.43 bits per heavy atom. The Balaban J connectivity index is 1.42. The SMILES string of the molecule is [C-]#[N+]c1c(C(F)(F)F)cc(-c2ccc(Oc3ccc4[nH]c(C(=O)NOCC(O)CO)cc4c3)cc2)n(Cc2ccc(C)cc2C)c1=O. The molecule has 0 aliphatic carbocycles. The maximum absolute atomic E-state index is 14.0. The zero-order valence-corrected chi connectivity index (χ0v) is 25.2. The van der Waals surface area contributed by atoms with Crippen LogP contribution in [0.5, 0.6) is 11.5 Å². The smallest absolute Gasteiger partial charge is 0.407 e. The number of pyridine rings is 1. The summed E-state index contributed by atoms with van der Waals surface area (Å²) in [6, 6.07) is 19.2. The minimum atomic E-state index is -4.91. The number of aryl methyl sites for hydroxylation is 2. The van der Waals surface area contributed by atoms with E-state index in [1.807, 2.05) is 32.0 Å². The lowest BCUT2D eigenvalue weighted by atomic mass is 10.0. The van der Waals surface area contributed by atoms with E-state index >= 15 is 0 Å². The van der Waals surface area contributed by atoms with Gasteiger partial charge in [-0.25, -0.2) is 10.3 Å². The van der Waals surface area contributed by atoms with Gasteiger partial charge in [-0.3, -0.25) is 14.4 Å². The van der Waals surface area contributed by atoms with Gasteiger partial charge in [0.05, 0.1) is 25.3 Å². The van der Waals surface area contributed by atoms with Gasteiger partial charge in [0.25, 0.3) is 17.2 Å². The number of rotatable bonds is 10. The van der Waals surface area contributed by atoms with Gasteiger partial charge in [0.15, 0.2) is 0 Å². The summed E-state index contributed by atoms with van der Waals surface area (Å²) in [6.45, 7) is 10.2. The summed E-state index contributed by atoms with van der Waals surface area (Å²) in [7, 11) is 0. The van der Waals surface area contributed by atoms with Crippen LogP contribution in [0.15, 0.2) is 77.6 Å². The number of H-pyrrole nitrogens is 1. The van der Waals surface area contributed by atoms with Crippen LogP contribution in [0, 0.1) is 20.4 Å². The number of nitrogens with one attached hydrogen (secondary N) is 2. The number of hydrogen-bond acceptors (Lipinski definition) is 6. The minimum Gasteiger partial charge on any atom is -0.457 e. The van der Waals surface area contributed by atoms with Crippen LogP contribution >= 0.6 is 0 Å². The third kappa shape index (κ3) is 7.36. The van der Waals surface area contributed by atoms with Gasteiger partial charge < -0.3 is 24.5 Å². The van der Waals surface area contributed by atoms with Crippen molar-refractivity contribution < 1.29 is 37.8 Å².